The smallest absolute Gasteiger partial charge is 0.331 e. The summed E-state index contributed by atoms with van der Waals surface area (Å²) in [6, 6.07) is 11.4. The maximum absolute atomic E-state index is 12.0. The van der Waals surface area contributed by atoms with Gasteiger partial charge < -0.3 is 4.74 Å². The first-order valence-corrected chi connectivity index (χ1v) is 8.05. The molecule has 0 fully saturated rings. The minimum atomic E-state index is -0.675. The molecule has 7 heteroatoms. The number of nitro benzene ring substituents is 1. The van der Waals surface area contributed by atoms with Gasteiger partial charge in [-0.1, -0.05) is 46.3 Å². The third kappa shape index (κ3) is 5.09. The fourth-order valence-corrected chi connectivity index (χ4v) is 2.43. The number of hydrogen-bond acceptors (Lipinski definition) is 5. The number of nitrogens with zero attached hydrogens (tertiary/aromatic N) is 1. The van der Waals surface area contributed by atoms with E-state index in [9.17, 15) is 19.7 Å². The summed E-state index contributed by atoms with van der Waals surface area (Å²) in [6.45, 7) is 1.10. The molecule has 2 rings (SSSR count). The van der Waals surface area contributed by atoms with Crippen molar-refractivity contribution in [3.63, 3.8) is 0 Å². The second-order valence-electron chi connectivity index (χ2n) is 5.14. The van der Waals surface area contributed by atoms with Crippen molar-refractivity contribution in [1.82, 2.24) is 0 Å². The van der Waals surface area contributed by atoms with Crippen molar-refractivity contribution < 1.29 is 19.2 Å². The zero-order chi connectivity index (χ0) is 18.4. The largest absolute Gasteiger partial charge is 0.454 e. The maximum Gasteiger partial charge on any atom is 0.331 e. The van der Waals surface area contributed by atoms with Crippen LogP contribution >= 0.6 is 15.9 Å². The summed E-state index contributed by atoms with van der Waals surface area (Å²) >= 11 is 3.35. The van der Waals surface area contributed by atoms with Crippen LogP contribution in [0, 0.1) is 17.0 Å². The van der Waals surface area contributed by atoms with Crippen LogP contribution in [-0.2, 0) is 9.53 Å². The number of halogens is 1. The van der Waals surface area contributed by atoms with Crippen LogP contribution in [0.15, 0.2) is 53.0 Å². The van der Waals surface area contributed by atoms with Gasteiger partial charge in [-0.05, 0) is 24.6 Å². The van der Waals surface area contributed by atoms with Crippen LogP contribution in [-0.4, -0.2) is 23.3 Å². The number of carbonyl (C=O) groups is 2. The molecular weight excluding hydrogens is 390 g/mol. The molecule has 0 aliphatic rings. The highest BCUT2D eigenvalue weighted by atomic mass is 79.9. The molecule has 2 aromatic carbocycles. The van der Waals surface area contributed by atoms with Gasteiger partial charge in [0.25, 0.3) is 5.69 Å². The van der Waals surface area contributed by atoms with Crippen LogP contribution in [0.2, 0.25) is 0 Å². The predicted molar refractivity (Wildman–Crippen MR) is 96.3 cm³/mol. The van der Waals surface area contributed by atoms with Gasteiger partial charge in [-0.25, -0.2) is 4.79 Å². The lowest BCUT2D eigenvalue weighted by molar-refractivity contribution is -0.385. The zero-order valence-electron chi connectivity index (χ0n) is 13.3. The summed E-state index contributed by atoms with van der Waals surface area (Å²) in [5, 5.41) is 10.9. The van der Waals surface area contributed by atoms with Crippen molar-refractivity contribution in [2.24, 2.45) is 0 Å². The van der Waals surface area contributed by atoms with E-state index in [1.54, 1.807) is 13.0 Å². The Labute approximate surface area is 152 Å². The number of ether oxygens (including phenoxy) is 1. The second-order valence-corrected chi connectivity index (χ2v) is 6.00. The van der Waals surface area contributed by atoms with Crippen LogP contribution in [0.4, 0.5) is 5.69 Å². The third-order valence-electron chi connectivity index (χ3n) is 3.38. The molecule has 0 saturated carbocycles. The standard InChI is InChI=1S/C18H14BrNO5/c1-12-6-7-14(10-16(12)20(23)24)17(21)11-25-18(22)9-8-13-4-2-3-5-15(13)19/h2-10H,11H2,1H3/b9-8+. The lowest BCUT2D eigenvalue weighted by atomic mass is 10.1. The van der Waals surface area contributed by atoms with Gasteiger partial charge in [0, 0.05) is 27.7 Å². The quantitative estimate of drug-likeness (QED) is 0.238. The molecule has 0 aliphatic carbocycles. The first kappa shape index (κ1) is 18.5. The second kappa shape index (κ2) is 8.34. The average Bonchev–Trinajstić information content (AvgIpc) is 2.59. The molecule has 0 unspecified atom stereocenters. The number of ketones is 1. The molecule has 0 bridgehead atoms. The van der Waals surface area contributed by atoms with E-state index in [-0.39, 0.29) is 11.3 Å². The Morgan fingerprint density at radius 3 is 2.64 bits per heavy atom. The van der Waals surface area contributed by atoms with Crippen molar-refractivity contribution >= 4 is 39.4 Å². The molecule has 0 N–H and O–H groups in total. The number of hydrogen-bond donors (Lipinski definition) is 0. The molecule has 0 spiro atoms. The summed E-state index contributed by atoms with van der Waals surface area (Å²) in [4.78, 5) is 34.1. The van der Waals surface area contributed by atoms with E-state index in [1.165, 1.54) is 24.3 Å². The van der Waals surface area contributed by atoms with Crippen molar-refractivity contribution in [2.45, 2.75) is 6.92 Å². The van der Waals surface area contributed by atoms with Gasteiger partial charge in [-0.3, -0.25) is 14.9 Å². The number of esters is 1. The van der Waals surface area contributed by atoms with Crippen molar-refractivity contribution in [3.8, 4) is 0 Å². The molecule has 0 aromatic heterocycles. The van der Waals surface area contributed by atoms with Gasteiger partial charge in [-0.15, -0.1) is 0 Å². The maximum atomic E-state index is 12.0. The van der Waals surface area contributed by atoms with Gasteiger partial charge in [-0.2, -0.15) is 0 Å². The predicted octanol–water partition coefficient (Wildman–Crippen LogP) is 4.11. The number of aryl methyl sites for hydroxylation is 1. The molecule has 25 heavy (non-hydrogen) atoms. The Hall–Kier alpha value is -2.80. The number of nitro groups is 1. The lowest BCUT2D eigenvalue weighted by Gasteiger charge is -2.03. The normalized spacial score (nSPS) is 10.6. The first-order chi connectivity index (χ1) is 11.9. The fraction of sp³-hybridized carbons (Fsp3) is 0.111. The molecule has 0 saturated heterocycles. The summed E-state index contributed by atoms with van der Waals surface area (Å²) < 4.78 is 5.71. The van der Waals surface area contributed by atoms with Crippen LogP contribution < -0.4 is 0 Å². The van der Waals surface area contributed by atoms with E-state index >= 15 is 0 Å². The molecule has 0 heterocycles. The number of rotatable bonds is 6. The minimum absolute atomic E-state index is 0.125. The summed E-state index contributed by atoms with van der Waals surface area (Å²) in [7, 11) is 0. The molecule has 0 radical (unpaired) electrons. The Bertz CT molecular complexity index is 860. The Morgan fingerprint density at radius 1 is 1.24 bits per heavy atom. The van der Waals surface area contributed by atoms with E-state index in [4.69, 9.17) is 4.74 Å². The number of carbonyl (C=O) groups excluding carboxylic acids is 2. The van der Waals surface area contributed by atoms with E-state index in [0.717, 1.165) is 10.0 Å². The van der Waals surface area contributed by atoms with Crippen LogP contribution in [0.1, 0.15) is 21.5 Å². The van der Waals surface area contributed by atoms with E-state index in [0.29, 0.717) is 5.56 Å². The highest BCUT2D eigenvalue weighted by Crippen LogP contribution is 2.20. The van der Waals surface area contributed by atoms with E-state index in [1.807, 2.05) is 24.3 Å². The van der Waals surface area contributed by atoms with Gasteiger partial charge in [0.1, 0.15) is 0 Å². The average molecular weight is 404 g/mol. The van der Waals surface area contributed by atoms with Gasteiger partial charge in [0.2, 0.25) is 5.78 Å². The fourth-order valence-electron chi connectivity index (χ4n) is 2.02. The third-order valence-corrected chi connectivity index (χ3v) is 4.10. The lowest BCUT2D eigenvalue weighted by Crippen LogP contribution is -2.13. The summed E-state index contributed by atoms with van der Waals surface area (Å²) in [5.41, 5.74) is 1.22. The Morgan fingerprint density at radius 2 is 1.96 bits per heavy atom. The highest BCUT2D eigenvalue weighted by Gasteiger charge is 2.15. The van der Waals surface area contributed by atoms with Crippen LogP contribution in [0.5, 0.6) is 0 Å². The van der Waals surface area contributed by atoms with Gasteiger partial charge in [0.05, 0.1) is 4.92 Å². The monoisotopic (exact) mass is 403 g/mol. The van der Waals surface area contributed by atoms with Crippen LogP contribution in [0.25, 0.3) is 6.08 Å². The van der Waals surface area contributed by atoms with Crippen molar-refractivity contribution in [3.05, 3.63) is 79.8 Å². The number of benzene rings is 2. The van der Waals surface area contributed by atoms with E-state index < -0.39 is 23.3 Å². The zero-order valence-corrected chi connectivity index (χ0v) is 14.9. The van der Waals surface area contributed by atoms with Crippen molar-refractivity contribution in [2.75, 3.05) is 6.61 Å². The molecular formula is C18H14BrNO5. The summed E-state index contributed by atoms with van der Waals surface area (Å²) in [6.07, 6.45) is 2.78. The van der Waals surface area contributed by atoms with E-state index in [2.05, 4.69) is 15.9 Å². The molecule has 0 amide bonds. The molecule has 0 aliphatic heterocycles. The molecule has 6 nitrogen and oxygen atoms in total. The van der Waals surface area contributed by atoms with Gasteiger partial charge >= 0.3 is 5.97 Å². The molecule has 0 atom stereocenters. The number of Topliss-reactive ketones (excluding diaryl/α,β-unsaturated/α-hetero) is 1. The molecule has 128 valence electrons. The Kier molecular flexibility index (Phi) is 6.19. The topological polar surface area (TPSA) is 86.5 Å². The first-order valence-electron chi connectivity index (χ1n) is 7.26. The van der Waals surface area contributed by atoms with Crippen molar-refractivity contribution in [1.29, 1.82) is 0 Å². The summed E-state index contributed by atoms with van der Waals surface area (Å²) in [5.74, 6) is -1.18. The highest BCUT2D eigenvalue weighted by molar-refractivity contribution is 9.10. The minimum Gasteiger partial charge on any atom is -0.454 e. The Balaban J connectivity index is 1.98. The van der Waals surface area contributed by atoms with Gasteiger partial charge in [0.15, 0.2) is 6.61 Å². The molecule has 2 aromatic rings. The SMILES string of the molecule is Cc1ccc(C(=O)COC(=O)/C=C/c2ccccc2Br)cc1[N+](=O)[O-]. The van der Waals surface area contributed by atoms with Crippen LogP contribution in [0.3, 0.4) is 0 Å².